The predicted molar refractivity (Wildman–Crippen MR) is 70.7 cm³/mol. The molecular formula is C13H28LiN. The van der Waals surface area contributed by atoms with Crippen LogP contribution in [0, 0.1) is 0 Å². The van der Waals surface area contributed by atoms with Gasteiger partial charge in [-0.15, -0.1) is 0 Å². The van der Waals surface area contributed by atoms with Crippen LogP contribution in [-0.2, 0) is 0 Å². The van der Waals surface area contributed by atoms with Crippen molar-refractivity contribution in [2.45, 2.75) is 63.9 Å². The summed E-state index contributed by atoms with van der Waals surface area (Å²) >= 11 is 2.28. The molecule has 0 N–H and O–H groups in total. The summed E-state index contributed by atoms with van der Waals surface area (Å²) in [5.41, 5.74) is 0. The third kappa shape index (κ3) is 10.8. The van der Waals surface area contributed by atoms with E-state index in [-0.39, 0.29) is 0 Å². The van der Waals surface area contributed by atoms with Crippen molar-refractivity contribution < 1.29 is 0 Å². The average molecular weight is 205 g/mol. The molecule has 0 aliphatic rings. The Morgan fingerprint density at radius 3 is 1.73 bits per heavy atom. The van der Waals surface area contributed by atoms with Gasteiger partial charge in [-0.1, -0.05) is 0 Å². The predicted octanol–water partition coefficient (Wildman–Crippen LogP) is 3.65. The van der Waals surface area contributed by atoms with E-state index in [0.717, 1.165) is 0 Å². The van der Waals surface area contributed by atoms with Gasteiger partial charge in [0, 0.05) is 0 Å². The maximum atomic E-state index is 2.67. The van der Waals surface area contributed by atoms with Crippen LogP contribution in [0.5, 0.6) is 0 Å². The monoisotopic (exact) mass is 205 g/mol. The summed E-state index contributed by atoms with van der Waals surface area (Å²) in [6, 6.07) is 0. The summed E-state index contributed by atoms with van der Waals surface area (Å²) < 4.78 is 0. The van der Waals surface area contributed by atoms with E-state index in [1.807, 2.05) is 0 Å². The number of hydrogen-bond donors (Lipinski definition) is 0. The first kappa shape index (κ1) is 15.6. The fourth-order valence-electron chi connectivity index (χ4n) is 1.86. The molecule has 0 heterocycles. The van der Waals surface area contributed by atoms with Crippen LogP contribution in [0.25, 0.3) is 0 Å². The molecule has 0 amide bonds. The van der Waals surface area contributed by atoms with Crippen LogP contribution in [0.4, 0.5) is 0 Å². The molecule has 86 valence electrons. The average Bonchev–Trinajstić information content (AvgIpc) is 2.27. The van der Waals surface area contributed by atoms with Gasteiger partial charge in [-0.3, -0.25) is 0 Å². The molecule has 0 aromatic heterocycles. The maximum absolute atomic E-state index is 2.67. The standard InChI is InChI=1S/C13H28N.Li/c1-4-7-10-13-14(11-8-5-2)12-9-6-3;/h1,4-13H2,2-3H3;. The molecule has 0 saturated heterocycles. The van der Waals surface area contributed by atoms with Crippen molar-refractivity contribution in [2.75, 3.05) is 19.6 Å². The molecule has 0 fully saturated rings. The zero-order valence-electron chi connectivity index (χ0n) is 11.2. The van der Waals surface area contributed by atoms with Crippen LogP contribution in [0.2, 0.25) is 5.09 Å². The summed E-state index contributed by atoms with van der Waals surface area (Å²) in [6.45, 7) is 8.55. The van der Waals surface area contributed by atoms with Crippen molar-refractivity contribution in [1.29, 1.82) is 0 Å². The summed E-state index contributed by atoms with van der Waals surface area (Å²) in [6.07, 6.45) is 9.64. The zero-order chi connectivity index (χ0) is 11.4. The molecule has 0 aromatic rings. The molecule has 1 nitrogen and oxygen atoms in total. The van der Waals surface area contributed by atoms with Crippen LogP contribution in [0.1, 0.15) is 58.8 Å². The van der Waals surface area contributed by atoms with Crippen molar-refractivity contribution >= 4 is 17.7 Å². The van der Waals surface area contributed by atoms with Crippen molar-refractivity contribution in [1.82, 2.24) is 4.90 Å². The van der Waals surface area contributed by atoms with Gasteiger partial charge in [-0.25, -0.2) is 0 Å². The van der Waals surface area contributed by atoms with Gasteiger partial charge in [-0.2, -0.15) is 0 Å². The van der Waals surface area contributed by atoms with Gasteiger partial charge >= 0.3 is 106 Å². The Hall–Kier alpha value is 0.557. The number of hydrogen-bond acceptors (Lipinski definition) is 1. The second kappa shape index (κ2) is 12.6. The van der Waals surface area contributed by atoms with Crippen molar-refractivity contribution in [3.8, 4) is 0 Å². The van der Waals surface area contributed by atoms with E-state index in [1.165, 1.54) is 69.7 Å². The van der Waals surface area contributed by atoms with E-state index in [2.05, 4.69) is 36.5 Å². The molecule has 0 unspecified atom stereocenters. The van der Waals surface area contributed by atoms with Gasteiger partial charge in [0.2, 0.25) is 0 Å². The van der Waals surface area contributed by atoms with Gasteiger partial charge in [0.05, 0.1) is 0 Å². The molecule has 2 heteroatoms. The molecule has 15 heavy (non-hydrogen) atoms. The zero-order valence-corrected chi connectivity index (χ0v) is 11.2. The molecular weight excluding hydrogens is 177 g/mol. The van der Waals surface area contributed by atoms with Gasteiger partial charge in [0.25, 0.3) is 0 Å². The SMILES string of the molecule is [Li][CH2]CCCCN(CCCC)CCCC. The summed E-state index contributed by atoms with van der Waals surface area (Å²) in [5.74, 6) is 0. The van der Waals surface area contributed by atoms with Crippen LogP contribution < -0.4 is 0 Å². The minimum absolute atomic E-state index is 1.32. The second-order valence-corrected chi connectivity index (χ2v) is 4.61. The van der Waals surface area contributed by atoms with E-state index in [4.69, 9.17) is 0 Å². The van der Waals surface area contributed by atoms with Crippen LogP contribution in [-0.4, -0.2) is 42.2 Å². The van der Waals surface area contributed by atoms with Gasteiger partial charge < -0.3 is 0 Å². The Morgan fingerprint density at radius 1 is 0.733 bits per heavy atom. The summed E-state index contributed by atoms with van der Waals surface area (Å²) in [4.78, 5) is 2.67. The minimum atomic E-state index is 1.32. The summed E-state index contributed by atoms with van der Waals surface area (Å²) in [7, 11) is 0. The Kier molecular flexibility index (Phi) is 13.1. The van der Waals surface area contributed by atoms with Gasteiger partial charge in [0.15, 0.2) is 0 Å². The van der Waals surface area contributed by atoms with Gasteiger partial charge in [-0.05, 0) is 0 Å². The Labute approximate surface area is 106 Å². The van der Waals surface area contributed by atoms with E-state index in [9.17, 15) is 0 Å². The van der Waals surface area contributed by atoms with E-state index in [0.29, 0.717) is 0 Å². The van der Waals surface area contributed by atoms with E-state index >= 15 is 0 Å². The Morgan fingerprint density at radius 2 is 1.27 bits per heavy atom. The fraction of sp³-hybridized carbons (Fsp3) is 1.00. The van der Waals surface area contributed by atoms with Gasteiger partial charge in [0.1, 0.15) is 0 Å². The first-order chi connectivity index (χ1) is 7.35. The third-order valence-corrected chi connectivity index (χ3v) is 2.98. The second-order valence-electron chi connectivity index (χ2n) is 4.61. The first-order valence-corrected chi connectivity index (χ1v) is 7.07. The van der Waals surface area contributed by atoms with Crippen LogP contribution in [0.15, 0.2) is 0 Å². The van der Waals surface area contributed by atoms with E-state index < -0.39 is 0 Å². The topological polar surface area (TPSA) is 3.24 Å². The molecule has 0 spiro atoms. The molecule has 0 rings (SSSR count). The number of unbranched alkanes of at least 4 members (excludes halogenated alkanes) is 4. The number of rotatable bonds is 11. The Bertz CT molecular complexity index is 109. The normalized spacial score (nSPS) is 11.3. The van der Waals surface area contributed by atoms with Crippen LogP contribution >= 0.6 is 0 Å². The van der Waals surface area contributed by atoms with Crippen molar-refractivity contribution in [3.05, 3.63) is 0 Å². The number of nitrogens with zero attached hydrogens (tertiary/aromatic N) is 1. The molecule has 0 aliphatic heterocycles. The first-order valence-electron chi connectivity index (χ1n) is 7.07. The summed E-state index contributed by atoms with van der Waals surface area (Å²) in [5, 5.41) is 1.35. The molecule has 0 saturated carbocycles. The molecule has 0 aromatic carbocycles. The fourth-order valence-corrected chi connectivity index (χ4v) is 1.86. The van der Waals surface area contributed by atoms with E-state index in [1.54, 1.807) is 0 Å². The molecule has 0 atom stereocenters. The molecule has 0 aliphatic carbocycles. The third-order valence-electron chi connectivity index (χ3n) is 2.98. The van der Waals surface area contributed by atoms with Crippen molar-refractivity contribution in [3.63, 3.8) is 0 Å². The van der Waals surface area contributed by atoms with Crippen molar-refractivity contribution in [2.24, 2.45) is 0 Å². The molecule has 0 bridgehead atoms. The quantitative estimate of drug-likeness (QED) is 0.367. The molecule has 0 radical (unpaired) electrons. The Balaban J connectivity index is 3.49. The van der Waals surface area contributed by atoms with Crippen LogP contribution in [0.3, 0.4) is 0 Å².